The second-order valence-electron chi connectivity index (χ2n) is 5.94. The van der Waals surface area contributed by atoms with Crippen LogP contribution in [0.4, 0.5) is 0 Å². The molecule has 3 aromatic rings. The molecular formula is C19H18N4O. The predicted molar refractivity (Wildman–Crippen MR) is 92.4 cm³/mol. The van der Waals surface area contributed by atoms with E-state index in [1.807, 2.05) is 30.6 Å². The molecule has 1 aromatic heterocycles. The number of amides is 1. The monoisotopic (exact) mass is 318 g/mol. The maximum atomic E-state index is 12.2. The SMILES string of the molecule is CC(C)n1cnc2cc(CNC(=O)c3cccc(C#N)c3)ccc21. The molecule has 5 heteroatoms. The summed E-state index contributed by atoms with van der Waals surface area (Å²) in [6, 6.07) is 15.1. The minimum Gasteiger partial charge on any atom is -0.348 e. The van der Waals surface area contributed by atoms with E-state index in [9.17, 15) is 4.79 Å². The van der Waals surface area contributed by atoms with Gasteiger partial charge in [-0.3, -0.25) is 4.79 Å². The highest BCUT2D eigenvalue weighted by Gasteiger charge is 2.08. The lowest BCUT2D eigenvalue weighted by Crippen LogP contribution is -2.22. The largest absolute Gasteiger partial charge is 0.348 e. The fourth-order valence-electron chi connectivity index (χ4n) is 2.61. The highest BCUT2D eigenvalue weighted by molar-refractivity contribution is 5.94. The molecule has 0 radical (unpaired) electrons. The Morgan fingerprint density at radius 3 is 2.88 bits per heavy atom. The number of aromatic nitrogens is 2. The lowest BCUT2D eigenvalue weighted by molar-refractivity contribution is 0.0951. The van der Waals surface area contributed by atoms with Crippen LogP contribution < -0.4 is 5.32 Å². The van der Waals surface area contributed by atoms with E-state index in [1.54, 1.807) is 24.3 Å². The van der Waals surface area contributed by atoms with Gasteiger partial charge in [-0.25, -0.2) is 4.98 Å². The summed E-state index contributed by atoms with van der Waals surface area (Å²) in [5.41, 5.74) is 3.95. The van der Waals surface area contributed by atoms with Gasteiger partial charge in [0.25, 0.3) is 5.91 Å². The summed E-state index contributed by atoms with van der Waals surface area (Å²) in [5.74, 6) is -0.195. The minimum atomic E-state index is -0.195. The molecule has 3 rings (SSSR count). The third-order valence-electron chi connectivity index (χ3n) is 3.90. The van der Waals surface area contributed by atoms with E-state index in [2.05, 4.69) is 28.7 Å². The summed E-state index contributed by atoms with van der Waals surface area (Å²) >= 11 is 0. The first-order valence-corrected chi connectivity index (χ1v) is 7.82. The van der Waals surface area contributed by atoms with Crippen molar-refractivity contribution >= 4 is 16.9 Å². The molecule has 0 saturated heterocycles. The molecule has 0 aliphatic carbocycles. The molecule has 0 saturated carbocycles. The number of hydrogen-bond donors (Lipinski definition) is 1. The van der Waals surface area contributed by atoms with Crippen LogP contribution in [0.2, 0.25) is 0 Å². The first-order valence-electron chi connectivity index (χ1n) is 7.82. The number of nitrogens with one attached hydrogen (secondary N) is 1. The van der Waals surface area contributed by atoms with Crippen LogP contribution in [0.15, 0.2) is 48.8 Å². The van der Waals surface area contributed by atoms with E-state index in [-0.39, 0.29) is 5.91 Å². The first kappa shape index (κ1) is 15.8. The molecule has 0 aliphatic rings. The molecule has 0 aliphatic heterocycles. The van der Waals surface area contributed by atoms with Crippen LogP contribution in [-0.2, 0) is 6.54 Å². The molecule has 1 heterocycles. The number of nitriles is 1. The van der Waals surface area contributed by atoms with Crippen molar-refractivity contribution in [1.29, 1.82) is 5.26 Å². The number of rotatable bonds is 4. The number of benzene rings is 2. The molecule has 5 nitrogen and oxygen atoms in total. The van der Waals surface area contributed by atoms with E-state index in [0.717, 1.165) is 16.6 Å². The van der Waals surface area contributed by atoms with Gasteiger partial charge in [-0.05, 0) is 49.7 Å². The van der Waals surface area contributed by atoms with Gasteiger partial charge in [0.05, 0.1) is 29.0 Å². The Balaban J connectivity index is 1.73. The van der Waals surface area contributed by atoms with Crippen LogP contribution in [-0.4, -0.2) is 15.5 Å². The molecule has 2 aromatic carbocycles. The van der Waals surface area contributed by atoms with Gasteiger partial charge in [0.1, 0.15) is 0 Å². The predicted octanol–water partition coefficient (Wildman–Crippen LogP) is 3.42. The zero-order valence-electron chi connectivity index (χ0n) is 13.7. The molecule has 1 N–H and O–H groups in total. The van der Waals surface area contributed by atoms with E-state index >= 15 is 0 Å². The first-order chi connectivity index (χ1) is 11.6. The molecule has 24 heavy (non-hydrogen) atoms. The smallest absolute Gasteiger partial charge is 0.251 e. The Hall–Kier alpha value is -3.13. The van der Waals surface area contributed by atoms with Crippen LogP contribution in [0, 0.1) is 11.3 Å². The zero-order chi connectivity index (χ0) is 17.1. The number of carbonyl (C=O) groups is 1. The summed E-state index contributed by atoms with van der Waals surface area (Å²) in [4.78, 5) is 16.6. The van der Waals surface area contributed by atoms with Gasteiger partial charge in [0.15, 0.2) is 0 Å². The molecule has 1 amide bonds. The topological polar surface area (TPSA) is 70.7 Å². The van der Waals surface area contributed by atoms with Gasteiger partial charge in [0.2, 0.25) is 0 Å². The molecule has 0 unspecified atom stereocenters. The highest BCUT2D eigenvalue weighted by Crippen LogP contribution is 2.18. The van der Waals surface area contributed by atoms with E-state index < -0.39 is 0 Å². The lowest BCUT2D eigenvalue weighted by Gasteiger charge is -2.09. The fourth-order valence-corrected chi connectivity index (χ4v) is 2.61. The summed E-state index contributed by atoms with van der Waals surface area (Å²) in [5, 5.41) is 11.8. The number of imidazole rings is 1. The summed E-state index contributed by atoms with van der Waals surface area (Å²) in [6.45, 7) is 4.65. The van der Waals surface area contributed by atoms with Gasteiger partial charge in [0, 0.05) is 18.2 Å². The Morgan fingerprint density at radius 2 is 2.12 bits per heavy atom. The van der Waals surface area contributed by atoms with E-state index in [0.29, 0.717) is 23.7 Å². The van der Waals surface area contributed by atoms with Crippen LogP contribution >= 0.6 is 0 Å². The van der Waals surface area contributed by atoms with Crippen molar-refractivity contribution in [3.63, 3.8) is 0 Å². The maximum absolute atomic E-state index is 12.2. The van der Waals surface area contributed by atoms with Crippen molar-refractivity contribution in [2.24, 2.45) is 0 Å². The number of carbonyl (C=O) groups excluding carboxylic acids is 1. The van der Waals surface area contributed by atoms with E-state index in [4.69, 9.17) is 5.26 Å². The third kappa shape index (κ3) is 3.13. The molecule has 120 valence electrons. The van der Waals surface area contributed by atoms with Gasteiger partial charge in [-0.15, -0.1) is 0 Å². The molecule has 0 bridgehead atoms. The molecule has 0 atom stereocenters. The fraction of sp³-hybridized carbons (Fsp3) is 0.211. The number of hydrogen-bond acceptors (Lipinski definition) is 3. The standard InChI is InChI=1S/C19H18N4O/c1-13(2)23-12-22-17-9-15(6-7-18(17)23)11-21-19(24)16-5-3-4-14(8-16)10-20/h3-9,12-13H,11H2,1-2H3,(H,21,24). The third-order valence-corrected chi connectivity index (χ3v) is 3.90. The zero-order valence-corrected chi connectivity index (χ0v) is 13.7. The Bertz CT molecular complexity index is 934. The Labute approximate surface area is 140 Å². The highest BCUT2D eigenvalue weighted by atomic mass is 16.1. The van der Waals surface area contributed by atoms with Gasteiger partial charge in [-0.2, -0.15) is 5.26 Å². The van der Waals surface area contributed by atoms with Crippen molar-refractivity contribution in [3.05, 3.63) is 65.5 Å². The summed E-state index contributed by atoms with van der Waals surface area (Å²) < 4.78 is 2.12. The van der Waals surface area contributed by atoms with Crippen LogP contribution in [0.25, 0.3) is 11.0 Å². The number of nitrogens with zero attached hydrogens (tertiary/aromatic N) is 3. The van der Waals surface area contributed by atoms with Gasteiger partial charge in [-0.1, -0.05) is 12.1 Å². The second kappa shape index (κ2) is 6.55. The average molecular weight is 318 g/mol. The van der Waals surface area contributed by atoms with Crippen molar-refractivity contribution in [2.45, 2.75) is 26.4 Å². The normalized spacial score (nSPS) is 10.8. The van der Waals surface area contributed by atoms with Crippen molar-refractivity contribution < 1.29 is 4.79 Å². The Kier molecular flexibility index (Phi) is 4.30. The average Bonchev–Trinajstić information content (AvgIpc) is 3.03. The van der Waals surface area contributed by atoms with Gasteiger partial charge < -0.3 is 9.88 Å². The Morgan fingerprint density at radius 1 is 1.29 bits per heavy atom. The van der Waals surface area contributed by atoms with Crippen molar-refractivity contribution in [1.82, 2.24) is 14.9 Å². The minimum absolute atomic E-state index is 0.195. The quantitative estimate of drug-likeness (QED) is 0.801. The van der Waals surface area contributed by atoms with Crippen molar-refractivity contribution in [3.8, 4) is 6.07 Å². The molecule has 0 fully saturated rings. The lowest BCUT2D eigenvalue weighted by atomic mass is 10.1. The van der Waals surface area contributed by atoms with Crippen LogP contribution in [0.1, 0.15) is 41.4 Å². The van der Waals surface area contributed by atoms with Crippen molar-refractivity contribution in [2.75, 3.05) is 0 Å². The summed E-state index contributed by atoms with van der Waals surface area (Å²) in [7, 11) is 0. The number of fused-ring (bicyclic) bond motifs is 1. The molecular weight excluding hydrogens is 300 g/mol. The maximum Gasteiger partial charge on any atom is 0.251 e. The van der Waals surface area contributed by atoms with E-state index in [1.165, 1.54) is 0 Å². The van der Waals surface area contributed by atoms with Gasteiger partial charge >= 0.3 is 0 Å². The molecule has 0 spiro atoms. The van der Waals surface area contributed by atoms with Crippen LogP contribution in [0.3, 0.4) is 0 Å². The summed E-state index contributed by atoms with van der Waals surface area (Å²) in [6.07, 6.45) is 1.84. The van der Waals surface area contributed by atoms with Crippen LogP contribution in [0.5, 0.6) is 0 Å². The second-order valence-corrected chi connectivity index (χ2v) is 5.94.